The Morgan fingerprint density at radius 1 is 1.38 bits per heavy atom. The first-order valence-corrected chi connectivity index (χ1v) is 7.79. The summed E-state index contributed by atoms with van der Waals surface area (Å²) in [7, 11) is 6.08. The van der Waals surface area contributed by atoms with Crippen molar-refractivity contribution in [2.24, 2.45) is 0 Å². The van der Waals surface area contributed by atoms with Crippen LogP contribution < -0.4 is 5.32 Å². The maximum atomic E-state index is 4.64. The van der Waals surface area contributed by atoms with E-state index in [0.717, 1.165) is 34.6 Å². The number of nitrogens with zero attached hydrogens (tertiary/aromatic N) is 4. The molecular formula is C15H22BrN5. The first-order chi connectivity index (χ1) is 10.0. The fourth-order valence-electron chi connectivity index (χ4n) is 2.28. The van der Waals surface area contributed by atoms with E-state index in [9.17, 15) is 0 Å². The second-order valence-electron chi connectivity index (χ2n) is 5.33. The topological polar surface area (TPSA) is 46.0 Å². The monoisotopic (exact) mass is 351 g/mol. The summed E-state index contributed by atoms with van der Waals surface area (Å²) in [5.74, 6) is 0. The molecule has 6 heteroatoms. The SMILES string of the molecule is CNC(c1cccc(C)n1)c1c(Br)cnn1CCN(C)C. The lowest BCUT2D eigenvalue weighted by molar-refractivity contribution is 0.366. The minimum Gasteiger partial charge on any atom is -0.308 e. The third-order valence-corrected chi connectivity index (χ3v) is 3.97. The van der Waals surface area contributed by atoms with Gasteiger partial charge in [0, 0.05) is 12.2 Å². The van der Waals surface area contributed by atoms with Gasteiger partial charge in [-0.1, -0.05) is 6.07 Å². The zero-order chi connectivity index (χ0) is 15.4. The minimum atomic E-state index is 0.0175. The van der Waals surface area contributed by atoms with Gasteiger partial charge < -0.3 is 10.2 Å². The first kappa shape index (κ1) is 16.1. The molecule has 2 aromatic heterocycles. The summed E-state index contributed by atoms with van der Waals surface area (Å²) in [6.07, 6.45) is 1.85. The van der Waals surface area contributed by atoms with Crippen molar-refractivity contribution in [3.05, 3.63) is 46.0 Å². The Morgan fingerprint density at radius 3 is 2.76 bits per heavy atom. The minimum absolute atomic E-state index is 0.0175. The van der Waals surface area contributed by atoms with E-state index in [1.807, 2.05) is 43.0 Å². The lowest BCUT2D eigenvalue weighted by Gasteiger charge is -2.20. The Hall–Kier alpha value is -1.24. The normalized spacial score (nSPS) is 12.9. The maximum Gasteiger partial charge on any atom is 0.0931 e. The molecule has 0 fully saturated rings. The summed E-state index contributed by atoms with van der Waals surface area (Å²) in [4.78, 5) is 6.79. The summed E-state index contributed by atoms with van der Waals surface area (Å²) in [5.41, 5.74) is 3.13. The number of aromatic nitrogens is 3. The van der Waals surface area contributed by atoms with Gasteiger partial charge >= 0.3 is 0 Å². The highest BCUT2D eigenvalue weighted by Gasteiger charge is 2.21. The van der Waals surface area contributed by atoms with Gasteiger partial charge in [0.05, 0.1) is 34.6 Å². The molecule has 0 aliphatic heterocycles. The van der Waals surface area contributed by atoms with Gasteiger partial charge in [0.25, 0.3) is 0 Å². The quantitative estimate of drug-likeness (QED) is 0.866. The van der Waals surface area contributed by atoms with E-state index < -0.39 is 0 Å². The molecule has 2 aromatic rings. The molecule has 21 heavy (non-hydrogen) atoms. The lowest BCUT2D eigenvalue weighted by atomic mass is 10.1. The van der Waals surface area contributed by atoms with Crippen molar-refractivity contribution in [3.8, 4) is 0 Å². The fourth-order valence-corrected chi connectivity index (χ4v) is 2.81. The molecule has 0 aliphatic carbocycles. The van der Waals surface area contributed by atoms with E-state index in [-0.39, 0.29) is 6.04 Å². The summed E-state index contributed by atoms with van der Waals surface area (Å²) in [6, 6.07) is 6.11. The Kier molecular flexibility index (Phi) is 5.50. The Balaban J connectivity index is 2.35. The summed E-state index contributed by atoms with van der Waals surface area (Å²) >= 11 is 3.62. The highest BCUT2D eigenvalue weighted by atomic mass is 79.9. The molecule has 1 atom stereocenters. The molecule has 2 rings (SSSR count). The van der Waals surface area contributed by atoms with Crippen LogP contribution in [0.15, 0.2) is 28.9 Å². The number of halogens is 1. The van der Waals surface area contributed by atoms with E-state index >= 15 is 0 Å². The zero-order valence-corrected chi connectivity index (χ0v) is 14.6. The molecule has 0 radical (unpaired) electrons. The fraction of sp³-hybridized carbons (Fsp3) is 0.467. The number of nitrogens with one attached hydrogen (secondary N) is 1. The van der Waals surface area contributed by atoms with Crippen LogP contribution in [0.5, 0.6) is 0 Å². The van der Waals surface area contributed by atoms with Gasteiger partial charge in [-0.05, 0) is 56.1 Å². The molecule has 114 valence electrons. The van der Waals surface area contributed by atoms with Gasteiger partial charge in [0.1, 0.15) is 0 Å². The maximum absolute atomic E-state index is 4.64. The van der Waals surface area contributed by atoms with E-state index in [0.29, 0.717) is 0 Å². The van der Waals surface area contributed by atoms with Crippen LogP contribution in [0.3, 0.4) is 0 Å². The molecule has 1 N–H and O–H groups in total. The predicted octanol–water partition coefficient (Wildman–Crippen LogP) is 2.22. The smallest absolute Gasteiger partial charge is 0.0931 e. The van der Waals surface area contributed by atoms with Gasteiger partial charge in [-0.3, -0.25) is 9.67 Å². The van der Waals surface area contributed by atoms with Crippen LogP contribution in [-0.2, 0) is 6.54 Å². The van der Waals surface area contributed by atoms with Crippen molar-refractivity contribution in [2.75, 3.05) is 27.7 Å². The molecule has 0 saturated heterocycles. The van der Waals surface area contributed by atoms with Crippen LogP contribution >= 0.6 is 15.9 Å². The Morgan fingerprint density at radius 2 is 2.14 bits per heavy atom. The first-order valence-electron chi connectivity index (χ1n) is 6.99. The number of hydrogen-bond donors (Lipinski definition) is 1. The average molecular weight is 352 g/mol. The van der Waals surface area contributed by atoms with E-state index in [1.54, 1.807) is 0 Å². The largest absolute Gasteiger partial charge is 0.308 e. The van der Waals surface area contributed by atoms with Crippen LogP contribution in [0.1, 0.15) is 23.1 Å². The molecule has 0 aromatic carbocycles. The highest BCUT2D eigenvalue weighted by molar-refractivity contribution is 9.10. The van der Waals surface area contributed by atoms with Gasteiger partial charge in [-0.15, -0.1) is 0 Å². The van der Waals surface area contributed by atoms with Gasteiger partial charge in [-0.25, -0.2) is 0 Å². The molecule has 0 saturated carbocycles. The molecule has 2 heterocycles. The number of hydrogen-bond acceptors (Lipinski definition) is 4. The standard InChI is InChI=1S/C15H22BrN5/c1-11-6-5-7-13(19-11)14(17-2)15-12(16)10-18-21(15)9-8-20(3)4/h5-7,10,14,17H,8-9H2,1-4H3. The lowest BCUT2D eigenvalue weighted by Crippen LogP contribution is -2.26. The van der Waals surface area contributed by atoms with Gasteiger partial charge in [0.2, 0.25) is 0 Å². The number of pyridine rings is 1. The van der Waals surface area contributed by atoms with Crippen molar-refractivity contribution >= 4 is 15.9 Å². The Bertz CT molecular complexity index is 593. The summed E-state index contributed by atoms with van der Waals surface area (Å²) in [6.45, 7) is 3.80. The number of aryl methyl sites for hydroxylation is 1. The van der Waals surface area contributed by atoms with Crippen LogP contribution in [0, 0.1) is 6.92 Å². The molecule has 1 unspecified atom stereocenters. The van der Waals surface area contributed by atoms with E-state index in [2.05, 4.69) is 50.3 Å². The molecule has 0 amide bonds. The third-order valence-electron chi connectivity index (χ3n) is 3.36. The molecule has 5 nitrogen and oxygen atoms in total. The van der Waals surface area contributed by atoms with Crippen LogP contribution in [0.4, 0.5) is 0 Å². The average Bonchev–Trinajstić information content (AvgIpc) is 2.79. The van der Waals surface area contributed by atoms with Crippen LogP contribution in [0.2, 0.25) is 0 Å². The van der Waals surface area contributed by atoms with E-state index in [1.165, 1.54) is 0 Å². The van der Waals surface area contributed by atoms with Crippen molar-refractivity contribution in [2.45, 2.75) is 19.5 Å². The Labute approximate surface area is 134 Å². The summed E-state index contributed by atoms with van der Waals surface area (Å²) < 4.78 is 3.04. The third kappa shape index (κ3) is 3.90. The number of likely N-dealkylation sites (N-methyl/N-ethyl adjacent to an activating group) is 1. The van der Waals surface area contributed by atoms with Crippen molar-refractivity contribution in [1.82, 2.24) is 25.0 Å². The number of rotatable bonds is 6. The van der Waals surface area contributed by atoms with E-state index in [4.69, 9.17) is 0 Å². The van der Waals surface area contributed by atoms with Crippen LogP contribution in [-0.4, -0.2) is 47.4 Å². The molecule has 0 bridgehead atoms. The zero-order valence-electron chi connectivity index (χ0n) is 13.0. The molecule has 0 spiro atoms. The van der Waals surface area contributed by atoms with Crippen molar-refractivity contribution < 1.29 is 0 Å². The second-order valence-corrected chi connectivity index (χ2v) is 6.18. The van der Waals surface area contributed by atoms with Gasteiger partial charge in [-0.2, -0.15) is 5.10 Å². The molecule has 0 aliphatic rings. The second kappa shape index (κ2) is 7.15. The summed E-state index contributed by atoms with van der Waals surface area (Å²) in [5, 5.41) is 7.83. The molecular weight excluding hydrogens is 330 g/mol. The highest BCUT2D eigenvalue weighted by Crippen LogP contribution is 2.27. The van der Waals surface area contributed by atoms with Crippen LogP contribution in [0.25, 0.3) is 0 Å². The predicted molar refractivity (Wildman–Crippen MR) is 88.4 cm³/mol. The van der Waals surface area contributed by atoms with Gasteiger partial charge in [0.15, 0.2) is 0 Å². The van der Waals surface area contributed by atoms with Crippen molar-refractivity contribution in [3.63, 3.8) is 0 Å². The van der Waals surface area contributed by atoms with Crippen molar-refractivity contribution in [1.29, 1.82) is 0 Å².